The van der Waals surface area contributed by atoms with E-state index >= 15 is 0 Å². The lowest BCUT2D eigenvalue weighted by Crippen LogP contribution is -2.05. The fourth-order valence-electron chi connectivity index (χ4n) is 1.79. The van der Waals surface area contributed by atoms with Gasteiger partial charge in [-0.05, 0) is 30.3 Å². The van der Waals surface area contributed by atoms with Crippen LogP contribution >= 0.6 is 0 Å². The highest BCUT2D eigenvalue weighted by molar-refractivity contribution is 5.46. The maximum atomic E-state index is 13.5. The van der Waals surface area contributed by atoms with Crippen molar-refractivity contribution in [1.29, 1.82) is 0 Å². The third-order valence-corrected chi connectivity index (χ3v) is 2.93. The number of halogens is 2. The van der Waals surface area contributed by atoms with Crippen LogP contribution in [0.1, 0.15) is 5.56 Å². The number of anilines is 1. The van der Waals surface area contributed by atoms with Crippen LogP contribution in [0.4, 0.5) is 14.5 Å². The standard InChI is InChI=1S/C16H17F2NO2/c1-20-9-10-21-14-7-5-13(6-8-14)19-11-12-3-2-4-15(17)16(12)18/h2-8,19H,9-11H2,1H3. The number of nitrogens with one attached hydrogen (secondary N) is 1. The van der Waals surface area contributed by atoms with E-state index in [4.69, 9.17) is 9.47 Å². The molecule has 2 aromatic carbocycles. The van der Waals surface area contributed by atoms with Crippen molar-refractivity contribution in [2.45, 2.75) is 6.54 Å². The molecule has 0 aliphatic carbocycles. The molecule has 0 aliphatic heterocycles. The quantitative estimate of drug-likeness (QED) is 0.791. The number of methoxy groups -OCH3 is 1. The number of hydrogen-bond acceptors (Lipinski definition) is 3. The van der Waals surface area contributed by atoms with Gasteiger partial charge < -0.3 is 14.8 Å². The van der Waals surface area contributed by atoms with E-state index in [1.807, 2.05) is 12.1 Å². The molecule has 0 aromatic heterocycles. The molecule has 0 heterocycles. The molecule has 0 spiro atoms. The average Bonchev–Trinajstić information content (AvgIpc) is 2.50. The van der Waals surface area contributed by atoms with Crippen molar-refractivity contribution in [3.63, 3.8) is 0 Å². The van der Waals surface area contributed by atoms with Crippen molar-refractivity contribution in [1.82, 2.24) is 0 Å². The lowest BCUT2D eigenvalue weighted by molar-refractivity contribution is 0.146. The van der Waals surface area contributed by atoms with Crippen LogP contribution in [0.2, 0.25) is 0 Å². The molecule has 0 atom stereocenters. The Morgan fingerprint density at radius 3 is 2.48 bits per heavy atom. The first-order valence-corrected chi connectivity index (χ1v) is 6.59. The van der Waals surface area contributed by atoms with Crippen LogP contribution < -0.4 is 10.1 Å². The molecule has 0 bridgehead atoms. The number of benzene rings is 2. The first kappa shape index (κ1) is 15.3. The number of ether oxygens (including phenoxy) is 2. The molecule has 112 valence electrons. The molecule has 0 radical (unpaired) electrons. The van der Waals surface area contributed by atoms with Gasteiger partial charge in [-0.2, -0.15) is 0 Å². The van der Waals surface area contributed by atoms with Crippen molar-refractivity contribution in [3.05, 3.63) is 59.7 Å². The van der Waals surface area contributed by atoms with E-state index in [1.165, 1.54) is 6.07 Å². The monoisotopic (exact) mass is 293 g/mol. The summed E-state index contributed by atoms with van der Waals surface area (Å²) in [5.74, 6) is -0.921. The Labute approximate surface area is 122 Å². The third-order valence-electron chi connectivity index (χ3n) is 2.93. The minimum Gasteiger partial charge on any atom is -0.491 e. The summed E-state index contributed by atoms with van der Waals surface area (Å²) in [6.07, 6.45) is 0. The first-order valence-electron chi connectivity index (χ1n) is 6.59. The van der Waals surface area contributed by atoms with Crippen LogP contribution in [0.25, 0.3) is 0 Å². The zero-order valence-electron chi connectivity index (χ0n) is 11.7. The van der Waals surface area contributed by atoms with Crippen LogP contribution in [0.5, 0.6) is 5.75 Å². The van der Waals surface area contributed by atoms with Gasteiger partial charge in [0.2, 0.25) is 0 Å². The molecule has 0 unspecified atom stereocenters. The number of hydrogen-bond donors (Lipinski definition) is 1. The molecule has 0 fully saturated rings. The van der Waals surface area contributed by atoms with Gasteiger partial charge in [0.05, 0.1) is 6.61 Å². The third kappa shape index (κ3) is 4.43. The van der Waals surface area contributed by atoms with Crippen molar-refractivity contribution < 1.29 is 18.3 Å². The average molecular weight is 293 g/mol. The summed E-state index contributed by atoms with van der Waals surface area (Å²) in [6, 6.07) is 11.4. The van der Waals surface area contributed by atoms with Crippen LogP contribution in [-0.4, -0.2) is 20.3 Å². The van der Waals surface area contributed by atoms with Gasteiger partial charge in [0.1, 0.15) is 12.4 Å². The van der Waals surface area contributed by atoms with E-state index < -0.39 is 11.6 Å². The summed E-state index contributed by atoms with van der Waals surface area (Å²) in [6.45, 7) is 1.23. The molecule has 1 N–H and O–H groups in total. The van der Waals surface area contributed by atoms with Crippen molar-refractivity contribution in [2.24, 2.45) is 0 Å². The highest BCUT2D eigenvalue weighted by Crippen LogP contribution is 2.18. The van der Waals surface area contributed by atoms with E-state index in [2.05, 4.69) is 5.32 Å². The van der Waals surface area contributed by atoms with Crippen molar-refractivity contribution in [2.75, 3.05) is 25.6 Å². The molecule has 2 aromatic rings. The predicted octanol–water partition coefficient (Wildman–Crippen LogP) is 3.60. The van der Waals surface area contributed by atoms with Crippen LogP contribution in [0.15, 0.2) is 42.5 Å². The van der Waals surface area contributed by atoms with Gasteiger partial charge >= 0.3 is 0 Å². The maximum absolute atomic E-state index is 13.5. The van der Waals surface area contributed by atoms with E-state index in [0.29, 0.717) is 13.2 Å². The molecule has 21 heavy (non-hydrogen) atoms. The molecule has 2 rings (SSSR count). The van der Waals surface area contributed by atoms with Gasteiger partial charge in [-0.15, -0.1) is 0 Å². The Morgan fingerprint density at radius 1 is 1.00 bits per heavy atom. The van der Waals surface area contributed by atoms with Gasteiger partial charge in [-0.3, -0.25) is 0 Å². The second kappa shape index (κ2) is 7.59. The summed E-state index contributed by atoms with van der Waals surface area (Å²) < 4.78 is 36.9. The Balaban J connectivity index is 1.90. The molecular weight excluding hydrogens is 276 g/mol. The summed E-state index contributed by atoms with van der Waals surface area (Å²) >= 11 is 0. The Morgan fingerprint density at radius 2 is 1.76 bits per heavy atom. The molecule has 0 saturated heterocycles. The van der Waals surface area contributed by atoms with Gasteiger partial charge in [-0.1, -0.05) is 12.1 Å². The zero-order chi connectivity index (χ0) is 15.1. The summed E-state index contributed by atoms with van der Waals surface area (Å²) in [7, 11) is 1.61. The SMILES string of the molecule is COCCOc1ccc(NCc2cccc(F)c2F)cc1. The minimum absolute atomic E-state index is 0.216. The number of rotatable bonds is 7. The lowest BCUT2D eigenvalue weighted by Gasteiger charge is -2.09. The topological polar surface area (TPSA) is 30.5 Å². The lowest BCUT2D eigenvalue weighted by atomic mass is 10.2. The molecule has 0 saturated carbocycles. The smallest absolute Gasteiger partial charge is 0.163 e. The summed E-state index contributed by atoms with van der Waals surface area (Å²) in [4.78, 5) is 0. The maximum Gasteiger partial charge on any atom is 0.163 e. The Kier molecular flexibility index (Phi) is 5.51. The second-order valence-corrected chi connectivity index (χ2v) is 4.43. The molecule has 3 nitrogen and oxygen atoms in total. The molecule has 5 heteroatoms. The Hall–Kier alpha value is -2.14. The molecule has 0 aliphatic rings. The minimum atomic E-state index is -0.837. The van der Waals surface area contributed by atoms with E-state index in [9.17, 15) is 8.78 Å². The molecular formula is C16H17F2NO2. The van der Waals surface area contributed by atoms with Crippen LogP contribution in [-0.2, 0) is 11.3 Å². The normalized spacial score (nSPS) is 10.4. The summed E-state index contributed by atoms with van der Waals surface area (Å²) in [5, 5.41) is 3.04. The van der Waals surface area contributed by atoms with Gasteiger partial charge in [-0.25, -0.2) is 8.78 Å². The highest BCUT2D eigenvalue weighted by Gasteiger charge is 2.06. The largest absolute Gasteiger partial charge is 0.491 e. The van der Waals surface area contributed by atoms with Gasteiger partial charge in [0.25, 0.3) is 0 Å². The second-order valence-electron chi connectivity index (χ2n) is 4.43. The van der Waals surface area contributed by atoms with E-state index in [0.717, 1.165) is 17.5 Å². The predicted molar refractivity (Wildman–Crippen MR) is 77.5 cm³/mol. The summed E-state index contributed by atoms with van der Waals surface area (Å²) in [5.41, 5.74) is 1.09. The Bertz CT molecular complexity index is 573. The fraction of sp³-hybridized carbons (Fsp3) is 0.250. The molecule has 0 amide bonds. The van der Waals surface area contributed by atoms with E-state index in [-0.39, 0.29) is 12.1 Å². The fourth-order valence-corrected chi connectivity index (χ4v) is 1.79. The van der Waals surface area contributed by atoms with Crippen molar-refractivity contribution in [3.8, 4) is 5.75 Å². The van der Waals surface area contributed by atoms with Crippen molar-refractivity contribution >= 4 is 5.69 Å². The zero-order valence-corrected chi connectivity index (χ0v) is 11.7. The first-order chi connectivity index (χ1) is 10.2. The highest BCUT2D eigenvalue weighted by atomic mass is 19.2. The van der Waals surface area contributed by atoms with E-state index in [1.54, 1.807) is 25.3 Å². The van der Waals surface area contributed by atoms with Crippen LogP contribution in [0, 0.1) is 11.6 Å². The van der Waals surface area contributed by atoms with Gasteiger partial charge in [0.15, 0.2) is 11.6 Å². The van der Waals surface area contributed by atoms with Crippen LogP contribution in [0.3, 0.4) is 0 Å². The van der Waals surface area contributed by atoms with Gasteiger partial charge in [0, 0.05) is 24.9 Å².